The molecule has 6 nitrogen and oxygen atoms in total. The van der Waals surface area contributed by atoms with Gasteiger partial charge in [-0.2, -0.15) is 4.98 Å². The molecule has 0 bridgehead atoms. The Labute approximate surface area is 235 Å². The number of aromatic amines is 2. The highest BCUT2D eigenvalue weighted by atomic mass is 19.1. The monoisotopic (exact) mass is 544 g/mol. The molecule has 0 spiro atoms. The van der Waals surface area contributed by atoms with Gasteiger partial charge in [-0.25, -0.2) is 4.39 Å². The van der Waals surface area contributed by atoms with Gasteiger partial charge in [0.1, 0.15) is 17.4 Å². The summed E-state index contributed by atoms with van der Waals surface area (Å²) in [4.78, 5) is 26.1. The molecule has 0 saturated carbocycles. The second-order valence-electron chi connectivity index (χ2n) is 11.1. The lowest BCUT2D eigenvalue weighted by Gasteiger charge is -2.35. The minimum atomic E-state index is -0.386. The summed E-state index contributed by atoms with van der Waals surface area (Å²) >= 11 is 0. The molecule has 7 heteroatoms. The van der Waals surface area contributed by atoms with Gasteiger partial charge in [-0.15, -0.1) is 0 Å². The summed E-state index contributed by atoms with van der Waals surface area (Å²) in [6.45, 7) is 4.07. The van der Waals surface area contributed by atoms with Gasteiger partial charge in [0, 0.05) is 54.0 Å². The first-order valence-corrected chi connectivity index (χ1v) is 14.4. The zero-order chi connectivity index (χ0) is 27.7. The van der Waals surface area contributed by atoms with Crippen LogP contribution in [0.2, 0.25) is 0 Å². The van der Waals surface area contributed by atoms with E-state index < -0.39 is 0 Å². The Bertz CT molecular complexity index is 2050. The van der Waals surface area contributed by atoms with Crippen LogP contribution >= 0.6 is 0 Å². The Morgan fingerprint density at radius 2 is 1.85 bits per heavy atom. The van der Waals surface area contributed by atoms with Crippen molar-refractivity contribution in [1.29, 1.82) is 0 Å². The molecule has 0 unspecified atom stereocenters. The number of nitrogens with one attached hydrogen (secondary N) is 2. The molecule has 0 radical (unpaired) electrons. The van der Waals surface area contributed by atoms with E-state index >= 15 is 0 Å². The number of ether oxygens (including phenoxy) is 1. The standard InChI is InChI=1S/C34H29FN4O2/c1-2-22-27-17-19-5-3-4-6-23(19)24(27)9-10-29(22)39-15-12-21(13-16-39)41-34-37-31-25-8-7-20(35)18-28(25)30-26(32(31)38-34)11-14-36-33(30)40/h3-11,14,18,21H,2,12-13,15-17H2,1H3,(H,36,40)(H,37,38). The second-order valence-corrected chi connectivity index (χ2v) is 11.1. The number of rotatable bonds is 4. The van der Waals surface area contributed by atoms with Crippen molar-refractivity contribution in [1.82, 2.24) is 15.0 Å². The molecule has 2 aromatic heterocycles. The van der Waals surface area contributed by atoms with E-state index in [1.807, 2.05) is 6.07 Å². The molecule has 6 aromatic rings. The van der Waals surface area contributed by atoms with E-state index in [4.69, 9.17) is 9.72 Å². The Kier molecular flexibility index (Phi) is 5.42. The molecule has 41 heavy (non-hydrogen) atoms. The van der Waals surface area contributed by atoms with Crippen LogP contribution in [0.4, 0.5) is 10.1 Å². The molecule has 0 atom stereocenters. The van der Waals surface area contributed by atoms with E-state index in [1.165, 1.54) is 45.6 Å². The molecular weight excluding hydrogens is 515 g/mol. The van der Waals surface area contributed by atoms with Gasteiger partial charge < -0.3 is 19.6 Å². The van der Waals surface area contributed by atoms with Gasteiger partial charge in [-0.05, 0) is 71.0 Å². The highest BCUT2D eigenvalue weighted by Crippen LogP contribution is 2.42. The molecule has 2 aliphatic rings. The fourth-order valence-electron chi connectivity index (χ4n) is 7.01. The normalized spacial score (nSPS) is 15.1. The molecule has 1 aliphatic heterocycles. The highest BCUT2D eigenvalue weighted by molar-refractivity contribution is 6.23. The number of hydrogen-bond acceptors (Lipinski definition) is 4. The van der Waals surface area contributed by atoms with Crippen molar-refractivity contribution in [3.05, 3.63) is 99.7 Å². The van der Waals surface area contributed by atoms with E-state index in [0.29, 0.717) is 27.7 Å². The third-order valence-electron chi connectivity index (χ3n) is 8.91. The van der Waals surface area contributed by atoms with E-state index in [1.54, 1.807) is 12.3 Å². The summed E-state index contributed by atoms with van der Waals surface area (Å²) in [5.41, 5.74) is 9.59. The van der Waals surface area contributed by atoms with Crippen molar-refractivity contribution in [3.8, 4) is 17.1 Å². The van der Waals surface area contributed by atoms with Gasteiger partial charge in [-0.1, -0.05) is 37.3 Å². The van der Waals surface area contributed by atoms with Crippen molar-refractivity contribution in [2.75, 3.05) is 18.0 Å². The molecule has 3 heterocycles. The number of anilines is 1. The van der Waals surface area contributed by atoms with Gasteiger partial charge in [0.05, 0.1) is 10.9 Å². The maximum Gasteiger partial charge on any atom is 0.294 e. The number of hydrogen-bond donors (Lipinski definition) is 2. The fraction of sp³-hybridized carbons (Fsp3) is 0.235. The van der Waals surface area contributed by atoms with Crippen LogP contribution in [-0.4, -0.2) is 34.1 Å². The van der Waals surface area contributed by atoms with Crippen LogP contribution in [0, 0.1) is 5.82 Å². The molecule has 2 N–H and O–H groups in total. The summed E-state index contributed by atoms with van der Waals surface area (Å²) in [5, 5.41) is 2.41. The fourth-order valence-corrected chi connectivity index (χ4v) is 7.01. The molecule has 4 aromatic carbocycles. The number of nitrogens with zero attached hydrogens (tertiary/aromatic N) is 2. The lowest BCUT2D eigenvalue weighted by atomic mass is 9.95. The highest BCUT2D eigenvalue weighted by Gasteiger charge is 2.27. The molecule has 1 fully saturated rings. The van der Waals surface area contributed by atoms with Crippen LogP contribution < -0.4 is 15.2 Å². The summed E-state index contributed by atoms with van der Waals surface area (Å²) in [7, 11) is 0. The largest absolute Gasteiger partial charge is 0.461 e. The maximum atomic E-state index is 14.2. The van der Waals surface area contributed by atoms with Gasteiger partial charge in [0.15, 0.2) is 0 Å². The quantitative estimate of drug-likeness (QED) is 0.237. The average Bonchev–Trinajstić information content (AvgIpc) is 3.59. The van der Waals surface area contributed by atoms with Crippen molar-refractivity contribution >= 4 is 38.3 Å². The van der Waals surface area contributed by atoms with Crippen molar-refractivity contribution in [2.24, 2.45) is 0 Å². The SMILES string of the molecule is CCc1c(N2CCC(Oc3nc4c5cc[nH]c(=O)c5c5cc(F)ccc5c4[nH]3)CC2)ccc2c1Cc1ccccc1-2. The lowest BCUT2D eigenvalue weighted by Crippen LogP contribution is -2.39. The Balaban J connectivity index is 1.07. The average molecular weight is 545 g/mol. The maximum absolute atomic E-state index is 14.2. The number of halogens is 1. The molecule has 1 aliphatic carbocycles. The number of benzene rings is 4. The predicted molar refractivity (Wildman–Crippen MR) is 162 cm³/mol. The predicted octanol–water partition coefficient (Wildman–Crippen LogP) is 6.88. The molecule has 8 rings (SSSR count). The summed E-state index contributed by atoms with van der Waals surface area (Å²) < 4.78 is 20.6. The first-order chi connectivity index (χ1) is 20.1. The van der Waals surface area contributed by atoms with Gasteiger partial charge in [0.25, 0.3) is 11.6 Å². The van der Waals surface area contributed by atoms with E-state index in [2.05, 4.69) is 58.2 Å². The van der Waals surface area contributed by atoms with Crippen LogP contribution in [-0.2, 0) is 12.8 Å². The van der Waals surface area contributed by atoms with E-state index in [0.717, 1.165) is 49.7 Å². The van der Waals surface area contributed by atoms with Crippen molar-refractivity contribution in [2.45, 2.75) is 38.7 Å². The molecule has 0 amide bonds. The zero-order valence-electron chi connectivity index (χ0n) is 22.8. The number of H-pyrrole nitrogens is 2. The summed E-state index contributed by atoms with van der Waals surface area (Å²) in [6, 6.07) is 20.1. The van der Waals surface area contributed by atoms with E-state index in [-0.39, 0.29) is 17.5 Å². The van der Waals surface area contributed by atoms with Crippen molar-refractivity contribution in [3.63, 3.8) is 0 Å². The van der Waals surface area contributed by atoms with Crippen LogP contribution in [0.5, 0.6) is 6.01 Å². The number of piperidine rings is 1. The second kappa shape index (κ2) is 9.20. The number of pyridine rings is 1. The molecule has 1 saturated heterocycles. The minimum Gasteiger partial charge on any atom is -0.461 e. The first kappa shape index (κ1) is 24.2. The smallest absolute Gasteiger partial charge is 0.294 e. The zero-order valence-corrected chi connectivity index (χ0v) is 22.8. The minimum absolute atomic E-state index is 0.0222. The third-order valence-corrected chi connectivity index (χ3v) is 8.91. The topological polar surface area (TPSA) is 74.0 Å². The summed E-state index contributed by atoms with van der Waals surface area (Å²) in [6.07, 6.45) is 5.40. The van der Waals surface area contributed by atoms with Gasteiger partial charge in [0.2, 0.25) is 0 Å². The van der Waals surface area contributed by atoms with E-state index in [9.17, 15) is 9.18 Å². The first-order valence-electron chi connectivity index (χ1n) is 14.4. The van der Waals surface area contributed by atoms with Crippen LogP contribution in [0.25, 0.3) is 43.7 Å². The van der Waals surface area contributed by atoms with Crippen LogP contribution in [0.15, 0.2) is 71.7 Å². The third kappa shape index (κ3) is 3.75. The Hall–Kier alpha value is -4.65. The Morgan fingerprint density at radius 3 is 2.71 bits per heavy atom. The van der Waals surface area contributed by atoms with Gasteiger partial charge >= 0.3 is 0 Å². The molecule has 204 valence electrons. The summed E-state index contributed by atoms with van der Waals surface area (Å²) in [5.74, 6) is -0.386. The number of imidazole rings is 1. The number of fused-ring (bicyclic) bond motifs is 9. The number of aromatic nitrogens is 3. The van der Waals surface area contributed by atoms with Gasteiger partial charge in [-0.3, -0.25) is 4.79 Å². The van der Waals surface area contributed by atoms with Crippen LogP contribution in [0.3, 0.4) is 0 Å². The Morgan fingerprint density at radius 1 is 1.00 bits per heavy atom. The van der Waals surface area contributed by atoms with Crippen LogP contribution in [0.1, 0.15) is 36.5 Å². The lowest BCUT2D eigenvalue weighted by molar-refractivity contribution is 0.158. The van der Waals surface area contributed by atoms with Crippen molar-refractivity contribution < 1.29 is 9.13 Å². The molecular formula is C34H29FN4O2.